The summed E-state index contributed by atoms with van der Waals surface area (Å²) in [6.07, 6.45) is 4.83. The van der Waals surface area contributed by atoms with E-state index < -0.39 is 6.10 Å². The van der Waals surface area contributed by atoms with Crippen molar-refractivity contribution in [3.8, 4) is 0 Å². The predicted octanol–water partition coefficient (Wildman–Crippen LogP) is 5.45. The summed E-state index contributed by atoms with van der Waals surface area (Å²) in [5.41, 5.74) is 5.75. The lowest BCUT2D eigenvalue weighted by molar-refractivity contribution is 0.168. The molecule has 2 aromatic heterocycles. The van der Waals surface area contributed by atoms with E-state index in [2.05, 4.69) is 49.0 Å². The molecular formula is C28H34N4OS. The molecule has 0 fully saturated rings. The van der Waals surface area contributed by atoms with Crippen LogP contribution in [0.25, 0.3) is 11.0 Å². The topological polar surface area (TPSA) is 63.0 Å². The van der Waals surface area contributed by atoms with Crippen LogP contribution in [0.3, 0.4) is 0 Å². The summed E-state index contributed by atoms with van der Waals surface area (Å²) in [5.74, 6) is 1.43. The van der Waals surface area contributed by atoms with Gasteiger partial charge in [-0.1, -0.05) is 49.7 Å². The van der Waals surface area contributed by atoms with Crippen LogP contribution < -0.4 is 5.32 Å². The molecule has 5 nitrogen and oxygen atoms in total. The summed E-state index contributed by atoms with van der Waals surface area (Å²) in [7, 11) is 2.14. The number of nitrogens with zero attached hydrogens (tertiary/aromatic N) is 3. The molecule has 0 radical (unpaired) electrons. The molecule has 178 valence electrons. The minimum atomic E-state index is -0.492. The van der Waals surface area contributed by atoms with Gasteiger partial charge in [-0.05, 0) is 55.9 Å². The van der Waals surface area contributed by atoms with Crippen molar-refractivity contribution in [2.45, 2.75) is 64.0 Å². The molecule has 3 atom stereocenters. The van der Waals surface area contributed by atoms with Gasteiger partial charge in [0.05, 0.1) is 33.8 Å². The Bertz CT molecular complexity index is 1260. The lowest BCUT2D eigenvalue weighted by Crippen LogP contribution is -2.34. The first-order chi connectivity index (χ1) is 16.5. The van der Waals surface area contributed by atoms with Crippen molar-refractivity contribution in [3.05, 3.63) is 81.1 Å². The van der Waals surface area contributed by atoms with E-state index in [1.54, 1.807) is 0 Å². The third-order valence-corrected chi connectivity index (χ3v) is 8.07. The van der Waals surface area contributed by atoms with Gasteiger partial charge in [-0.15, -0.1) is 11.3 Å². The highest BCUT2D eigenvalue weighted by molar-refractivity contribution is 7.11. The number of imidazole rings is 1. The molecule has 2 aromatic carbocycles. The Labute approximate surface area is 205 Å². The molecule has 5 rings (SSSR count). The minimum Gasteiger partial charge on any atom is -0.387 e. The van der Waals surface area contributed by atoms with Gasteiger partial charge in [-0.3, -0.25) is 0 Å². The van der Waals surface area contributed by atoms with Gasteiger partial charge in [-0.25, -0.2) is 9.97 Å². The second kappa shape index (κ2) is 9.98. The van der Waals surface area contributed by atoms with Gasteiger partial charge in [0.25, 0.3) is 0 Å². The number of hydrogen-bond donors (Lipinski definition) is 2. The summed E-state index contributed by atoms with van der Waals surface area (Å²) in [5, 5.41) is 15.3. The average molecular weight is 475 g/mol. The zero-order chi connectivity index (χ0) is 23.7. The highest BCUT2D eigenvalue weighted by Gasteiger charge is 2.31. The molecule has 0 amide bonds. The number of hydrogen-bond acceptors (Lipinski definition) is 5. The van der Waals surface area contributed by atoms with Crippen LogP contribution in [0.5, 0.6) is 0 Å². The summed E-state index contributed by atoms with van der Waals surface area (Å²) in [4.78, 5) is 11.3. The van der Waals surface area contributed by atoms with Crippen molar-refractivity contribution >= 4 is 22.4 Å². The van der Waals surface area contributed by atoms with Crippen LogP contribution in [0, 0.1) is 6.92 Å². The molecule has 1 aliphatic carbocycles. The number of nitrogens with one attached hydrogen (secondary N) is 1. The van der Waals surface area contributed by atoms with Crippen LogP contribution in [0.15, 0.2) is 48.5 Å². The minimum absolute atomic E-state index is 0.301. The third kappa shape index (κ3) is 4.67. The maximum absolute atomic E-state index is 10.6. The molecule has 0 saturated heterocycles. The van der Waals surface area contributed by atoms with E-state index in [-0.39, 0.29) is 0 Å². The first kappa shape index (κ1) is 23.2. The molecule has 4 aromatic rings. The van der Waals surface area contributed by atoms with Crippen molar-refractivity contribution in [2.24, 2.45) is 7.05 Å². The van der Waals surface area contributed by atoms with Gasteiger partial charge >= 0.3 is 0 Å². The molecule has 6 heteroatoms. The van der Waals surface area contributed by atoms with Crippen molar-refractivity contribution < 1.29 is 5.11 Å². The lowest BCUT2D eigenvalue weighted by atomic mass is 10.0. The van der Waals surface area contributed by atoms with Crippen LogP contribution in [-0.4, -0.2) is 32.2 Å². The number of aryl methyl sites for hydroxylation is 3. The summed E-state index contributed by atoms with van der Waals surface area (Å²) in [6, 6.07) is 16.9. The van der Waals surface area contributed by atoms with Gasteiger partial charge in [-0.2, -0.15) is 0 Å². The van der Waals surface area contributed by atoms with E-state index in [4.69, 9.17) is 9.97 Å². The smallest absolute Gasteiger partial charge is 0.118 e. The normalized spacial score (nSPS) is 17.2. The van der Waals surface area contributed by atoms with Crippen LogP contribution >= 0.6 is 11.3 Å². The van der Waals surface area contributed by atoms with Crippen molar-refractivity contribution in [3.63, 3.8) is 0 Å². The number of aromatic nitrogens is 3. The highest BCUT2D eigenvalue weighted by atomic mass is 32.1. The molecule has 2 heterocycles. The Kier molecular flexibility index (Phi) is 6.82. The molecule has 0 bridgehead atoms. The number of fused-ring (bicyclic) bond motifs is 2. The standard InChI is InChI=1S/C28H34N4OS/c1-4-8-21(29-17-25(33)20-9-6-5-7-10-20)15-19-11-13-23-24(16-19)32(3)28(31-23)22-12-14-26-27(22)30-18(2)34-26/h5-7,9-11,13,16,21-22,25,29,33H,4,8,12,14-15,17H2,1-3H3/t21-,22?,25-/m0/s1. The van der Waals surface area contributed by atoms with E-state index in [0.717, 1.165) is 54.0 Å². The fourth-order valence-corrected chi connectivity index (χ4v) is 6.29. The molecule has 0 aliphatic heterocycles. The maximum atomic E-state index is 10.6. The largest absolute Gasteiger partial charge is 0.387 e. The molecule has 0 spiro atoms. The van der Waals surface area contributed by atoms with Gasteiger partial charge < -0.3 is 15.0 Å². The second-order valence-electron chi connectivity index (χ2n) is 9.51. The molecule has 1 aliphatic rings. The second-order valence-corrected chi connectivity index (χ2v) is 10.8. The zero-order valence-electron chi connectivity index (χ0n) is 20.3. The van der Waals surface area contributed by atoms with Gasteiger partial charge in [0.1, 0.15) is 5.82 Å². The van der Waals surface area contributed by atoms with Crippen molar-refractivity contribution in [2.75, 3.05) is 6.54 Å². The maximum Gasteiger partial charge on any atom is 0.118 e. The fraction of sp³-hybridized carbons (Fsp3) is 0.429. The SMILES string of the molecule is CCC[C@@H](Cc1ccc2nc(C3CCc4sc(C)nc43)n(C)c2c1)NC[C@H](O)c1ccccc1. The monoisotopic (exact) mass is 474 g/mol. The summed E-state index contributed by atoms with van der Waals surface area (Å²) < 4.78 is 2.27. The van der Waals surface area contributed by atoms with Crippen LogP contribution in [0.2, 0.25) is 0 Å². The van der Waals surface area contributed by atoms with Crippen LogP contribution in [-0.2, 0) is 19.9 Å². The summed E-state index contributed by atoms with van der Waals surface area (Å²) >= 11 is 1.83. The van der Waals surface area contributed by atoms with E-state index >= 15 is 0 Å². The van der Waals surface area contributed by atoms with Gasteiger partial charge in [0.2, 0.25) is 0 Å². The van der Waals surface area contributed by atoms with Gasteiger partial charge in [0, 0.05) is 24.5 Å². The first-order valence-corrected chi connectivity index (χ1v) is 13.2. The summed E-state index contributed by atoms with van der Waals surface area (Å²) in [6.45, 7) is 4.87. The fourth-order valence-electron chi connectivity index (χ4n) is 5.27. The number of aliphatic hydroxyl groups is 1. The van der Waals surface area contributed by atoms with Crippen LogP contribution in [0.4, 0.5) is 0 Å². The molecule has 34 heavy (non-hydrogen) atoms. The van der Waals surface area contributed by atoms with Gasteiger partial charge in [0.15, 0.2) is 0 Å². The van der Waals surface area contributed by atoms with E-state index in [0.29, 0.717) is 18.5 Å². The first-order valence-electron chi connectivity index (χ1n) is 12.4. The van der Waals surface area contributed by atoms with Crippen LogP contribution in [0.1, 0.15) is 70.7 Å². The Morgan fingerprint density at radius 2 is 2.00 bits per heavy atom. The third-order valence-electron chi connectivity index (χ3n) is 7.02. The highest BCUT2D eigenvalue weighted by Crippen LogP contribution is 2.40. The van der Waals surface area contributed by atoms with E-state index in [9.17, 15) is 5.11 Å². The quantitative estimate of drug-likeness (QED) is 0.339. The predicted molar refractivity (Wildman–Crippen MR) is 140 cm³/mol. The Hall–Kier alpha value is -2.54. The molecule has 1 unspecified atom stereocenters. The molecule has 0 saturated carbocycles. The molecule has 2 N–H and O–H groups in total. The Balaban J connectivity index is 1.32. The lowest BCUT2D eigenvalue weighted by Gasteiger charge is -2.21. The van der Waals surface area contributed by atoms with E-state index in [1.807, 2.05) is 41.7 Å². The number of aliphatic hydroxyl groups excluding tert-OH is 1. The Morgan fingerprint density at radius 1 is 1.18 bits per heavy atom. The number of benzene rings is 2. The number of thiazole rings is 1. The van der Waals surface area contributed by atoms with Crippen molar-refractivity contribution in [1.29, 1.82) is 0 Å². The van der Waals surface area contributed by atoms with E-state index in [1.165, 1.54) is 21.7 Å². The zero-order valence-corrected chi connectivity index (χ0v) is 21.1. The number of rotatable bonds is 9. The Morgan fingerprint density at radius 3 is 2.79 bits per heavy atom. The van der Waals surface area contributed by atoms with Crippen molar-refractivity contribution in [1.82, 2.24) is 19.9 Å². The average Bonchev–Trinajstić information content (AvgIpc) is 3.50. The molecular weight excluding hydrogens is 440 g/mol.